The van der Waals surface area contributed by atoms with Crippen LogP contribution >= 0.6 is 15.9 Å². The lowest BCUT2D eigenvalue weighted by Crippen LogP contribution is -2.51. The highest BCUT2D eigenvalue weighted by Gasteiger charge is 2.30. The number of benzene rings is 2. The maximum absolute atomic E-state index is 12.7. The fraction of sp³-hybridized carbons (Fsp3) is 0.263. The lowest BCUT2D eigenvalue weighted by molar-refractivity contribution is -0.134. The number of rotatable bonds is 5. The normalized spacial score (nSPS) is 15.1. The number of hydrogen-bond donors (Lipinski definition) is 0. The molecule has 1 aliphatic rings. The lowest BCUT2D eigenvalue weighted by Gasteiger charge is -2.34. The van der Waals surface area contributed by atoms with Crippen LogP contribution in [0.25, 0.3) is 0 Å². The minimum absolute atomic E-state index is 0.196. The van der Waals surface area contributed by atoms with Crippen LogP contribution in [0.2, 0.25) is 0 Å². The van der Waals surface area contributed by atoms with Crippen molar-refractivity contribution in [1.29, 1.82) is 5.26 Å². The Labute approximate surface area is 172 Å². The number of nitrogens with zero attached hydrogens (tertiary/aromatic N) is 3. The smallest absolute Gasteiger partial charge is 0.260 e. The standard InChI is InChI=1S/C19H18BrN3O4S/c20-16-5-7-17(8-6-16)28(25,26)23-11-9-22(10-12-23)19(24)14-27-18-4-2-1-3-15(18)13-21/h1-8H,9-12,14H2. The summed E-state index contributed by atoms with van der Waals surface area (Å²) in [5.41, 5.74) is 0.362. The first kappa shape index (κ1) is 20.3. The van der Waals surface area contributed by atoms with Crippen molar-refractivity contribution in [3.05, 3.63) is 58.6 Å². The van der Waals surface area contributed by atoms with Gasteiger partial charge in [0.15, 0.2) is 6.61 Å². The van der Waals surface area contributed by atoms with Gasteiger partial charge >= 0.3 is 0 Å². The average molecular weight is 464 g/mol. The molecule has 0 atom stereocenters. The van der Waals surface area contributed by atoms with Gasteiger partial charge < -0.3 is 9.64 Å². The molecule has 0 saturated carbocycles. The van der Waals surface area contributed by atoms with E-state index in [1.54, 1.807) is 53.4 Å². The number of sulfonamides is 1. The maximum Gasteiger partial charge on any atom is 0.260 e. The van der Waals surface area contributed by atoms with Gasteiger partial charge in [0.25, 0.3) is 5.91 Å². The van der Waals surface area contributed by atoms with Crippen molar-refractivity contribution < 1.29 is 17.9 Å². The van der Waals surface area contributed by atoms with Crippen LogP contribution < -0.4 is 4.74 Å². The molecule has 1 heterocycles. The summed E-state index contributed by atoms with van der Waals surface area (Å²) < 4.78 is 33.1. The van der Waals surface area contributed by atoms with Crippen molar-refractivity contribution >= 4 is 31.9 Å². The number of hydrogen-bond acceptors (Lipinski definition) is 5. The summed E-state index contributed by atoms with van der Waals surface area (Å²) in [7, 11) is -3.58. The average Bonchev–Trinajstić information content (AvgIpc) is 2.72. The Kier molecular flexibility index (Phi) is 6.34. The van der Waals surface area contributed by atoms with Crippen molar-refractivity contribution in [1.82, 2.24) is 9.21 Å². The quantitative estimate of drug-likeness (QED) is 0.677. The van der Waals surface area contributed by atoms with E-state index in [0.29, 0.717) is 11.3 Å². The Balaban J connectivity index is 1.57. The molecule has 0 spiro atoms. The van der Waals surface area contributed by atoms with E-state index >= 15 is 0 Å². The van der Waals surface area contributed by atoms with Crippen molar-refractivity contribution in [2.24, 2.45) is 0 Å². The molecule has 0 unspecified atom stereocenters. The fourth-order valence-electron chi connectivity index (χ4n) is 2.85. The molecule has 0 radical (unpaired) electrons. The van der Waals surface area contributed by atoms with Gasteiger partial charge in [0.2, 0.25) is 10.0 Å². The van der Waals surface area contributed by atoms with E-state index in [4.69, 9.17) is 10.00 Å². The Bertz CT molecular complexity index is 995. The van der Waals surface area contributed by atoms with E-state index in [1.807, 2.05) is 6.07 Å². The number of carbonyl (C=O) groups excluding carboxylic acids is 1. The Morgan fingerprint density at radius 3 is 2.36 bits per heavy atom. The monoisotopic (exact) mass is 463 g/mol. The zero-order valence-electron chi connectivity index (χ0n) is 14.9. The Hall–Kier alpha value is -2.41. The summed E-state index contributed by atoms with van der Waals surface area (Å²) in [6.07, 6.45) is 0. The molecule has 1 aliphatic heterocycles. The van der Waals surface area contributed by atoms with Crippen LogP contribution in [0, 0.1) is 11.3 Å². The van der Waals surface area contributed by atoms with Crippen molar-refractivity contribution in [2.75, 3.05) is 32.8 Å². The zero-order valence-corrected chi connectivity index (χ0v) is 17.3. The second-order valence-corrected chi connectivity index (χ2v) is 8.99. The van der Waals surface area contributed by atoms with Crippen LogP contribution in [0.15, 0.2) is 57.9 Å². The summed E-state index contributed by atoms with van der Waals surface area (Å²) in [5, 5.41) is 9.06. The second-order valence-electron chi connectivity index (χ2n) is 6.14. The van der Waals surface area contributed by atoms with Gasteiger partial charge in [-0.25, -0.2) is 8.42 Å². The van der Waals surface area contributed by atoms with Gasteiger partial charge in [0.05, 0.1) is 10.5 Å². The van der Waals surface area contributed by atoms with Crippen LogP contribution in [-0.4, -0.2) is 56.3 Å². The van der Waals surface area contributed by atoms with Crippen LogP contribution in [-0.2, 0) is 14.8 Å². The summed E-state index contributed by atoms with van der Waals surface area (Å²) in [6, 6.07) is 15.2. The van der Waals surface area contributed by atoms with Gasteiger partial charge in [-0.1, -0.05) is 28.1 Å². The fourth-order valence-corrected chi connectivity index (χ4v) is 4.54. The molecular weight excluding hydrogens is 446 g/mol. The molecule has 146 valence electrons. The number of ether oxygens (including phenoxy) is 1. The van der Waals surface area contributed by atoms with Crippen LogP contribution in [0.3, 0.4) is 0 Å². The van der Waals surface area contributed by atoms with Gasteiger partial charge in [0.1, 0.15) is 11.8 Å². The van der Waals surface area contributed by atoms with Crippen LogP contribution in [0.5, 0.6) is 5.75 Å². The van der Waals surface area contributed by atoms with E-state index in [1.165, 1.54) is 4.31 Å². The van der Waals surface area contributed by atoms with E-state index in [0.717, 1.165) is 4.47 Å². The molecule has 1 fully saturated rings. The van der Waals surface area contributed by atoms with Crippen molar-refractivity contribution in [3.8, 4) is 11.8 Å². The van der Waals surface area contributed by atoms with Gasteiger partial charge in [0, 0.05) is 30.7 Å². The first-order chi connectivity index (χ1) is 13.4. The summed E-state index contributed by atoms with van der Waals surface area (Å²) in [5.74, 6) is 0.114. The van der Waals surface area contributed by atoms with Crippen molar-refractivity contribution in [2.45, 2.75) is 4.90 Å². The number of para-hydroxylation sites is 1. The first-order valence-electron chi connectivity index (χ1n) is 8.57. The minimum Gasteiger partial charge on any atom is -0.482 e. The molecule has 7 nitrogen and oxygen atoms in total. The molecule has 3 rings (SSSR count). The predicted molar refractivity (Wildman–Crippen MR) is 106 cm³/mol. The number of amides is 1. The van der Waals surface area contributed by atoms with Gasteiger partial charge in [-0.15, -0.1) is 0 Å². The molecule has 0 N–H and O–H groups in total. The number of carbonyl (C=O) groups is 1. The molecule has 9 heteroatoms. The highest BCUT2D eigenvalue weighted by atomic mass is 79.9. The predicted octanol–water partition coefficient (Wildman–Crippen LogP) is 2.23. The SMILES string of the molecule is N#Cc1ccccc1OCC(=O)N1CCN(S(=O)(=O)c2ccc(Br)cc2)CC1. The van der Waals surface area contributed by atoms with Gasteiger partial charge in [-0.3, -0.25) is 4.79 Å². The van der Waals surface area contributed by atoms with Crippen LogP contribution in [0.4, 0.5) is 0 Å². The summed E-state index contributed by atoms with van der Waals surface area (Å²) >= 11 is 3.29. The first-order valence-corrected chi connectivity index (χ1v) is 10.8. The molecule has 0 aromatic heterocycles. The molecule has 2 aromatic carbocycles. The highest BCUT2D eigenvalue weighted by molar-refractivity contribution is 9.10. The molecule has 1 saturated heterocycles. The van der Waals surface area contributed by atoms with E-state index in [2.05, 4.69) is 15.9 Å². The third-order valence-corrected chi connectivity index (χ3v) is 6.84. The molecule has 0 bridgehead atoms. The summed E-state index contributed by atoms with van der Waals surface area (Å²) in [4.78, 5) is 14.2. The Morgan fingerprint density at radius 2 is 1.71 bits per heavy atom. The topological polar surface area (TPSA) is 90.7 Å². The minimum atomic E-state index is -3.58. The maximum atomic E-state index is 12.7. The van der Waals surface area contributed by atoms with E-state index < -0.39 is 10.0 Å². The zero-order chi connectivity index (χ0) is 20.1. The number of halogens is 1. The summed E-state index contributed by atoms with van der Waals surface area (Å²) in [6.45, 7) is 0.825. The molecular formula is C19H18BrN3O4S. The van der Waals surface area contributed by atoms with Crippen LogP contribution in [0.1, 0.15) is 5.56 Å². The molecule has 28 heavy (non-hydrogen) atoms. The molecule has 0 aliphatic carbocycles. The van der Waals surface area contributed by atoms with Gasteiger partial charge in [-0.2, -0.15) is 9.57 Å². The molecule has 2 aromatic rings. The molecule has 1 amide bonds. The number of piperazine rings is 1. The van der Waals surface area contributed by atoms with Gasteiger partial charge in [-0.05, 0) is 36.4 Å². The Morgan fingerprint density at radius 1 is 1.07 bits per heavy atom. The van der Waals surface area contributed by atoms with E-state index in [9.17, 15) is 13.2 Å². The third kappa shape index (κ3) is 4.52. The highest BCUT2D eigenvalue weighted by Crippen LogP contribution is 2.20. The second kappa shape index (κ2) is 8.73. The lowest BCUT2D eigenvalue weighted by atomic mass is 10.2. The number of nitriles is 1. The largest absolute Gasteiger partial charge is 0.482 e. The third-order valence-electron chi connectivity index (χ3n) is 4.40. The van der Waals surface area contributed by atoms with Crippen molar-refractivity contribution in [3.63, 3.8) is 0 Å². The van der Waals surface area contributed by atoms with E-state index in [-0.39, 0.29) is 43.6 Å².